The highest BCUT2D eigenvalue weighted by molar-refractivity contribution is 7.90. The summed E-state index contributed by atoms with van der Waals surface area (Å²) in [6.45, 7) is 8.80. The average molecular weight is 1030 g/mol. The molecule has 8 aromatic rings. The van der Waals surface area contributed by atoms with Gasteiger partial charge in [0.1, 0.15) is 17.2 Å². The van der Waals surface area contributed by atoms with Crippen molar-refractivity contribution >= 4 is 71.1 Å². The molecule has 0 radical (unpaired) electrons. The summed E-state index contributed by atoms with van der Waals surface area (Å²) in [5.74, 6) is 1.96. The smallest absolute Gasteiger partial charge is 0.410 e. The molecule has 1 N–H and O–H groups in total. The van der Waals surface area contributed by atoms with Crippen LogP contribution in [0.3, 0.4) is 0 Å². The van der Waals surface area contributed by atoms with Crippen LogP contribution in [0.4, 0.5) is 4.79 Å². The Labute approximate surface area is 424 Å². The molecule has 14 nitrogen and oxygen atoms in total. The van der Waals surface area contributed by atoms with Crippen LogP contribution in [-0.4, -0.2) is 87.5 Å². The standard InChI is InChI=1S/C29H31ClN4O4S.C24H23ClN4O2S/c1-29(2,3)38-28(35)33-15-9-10-20(18-33)16-26-31-17-24(30)27(32-26)23-19-34(25-14-8-7-13-22(23)25)39(36,37)21-11-5-4-6-12-21;25-21-15-27-23(13-17-7-6-12-26-14-17)28-24(21)20-16-29(22-11-5-4-10-19(20)22)32(30,31)18-8-2-1-3-9-18/h4-8,11-14,17,19-20H,9-10,15-16,18H2,1-3H3;1-5,8-11,15-17,26H,6-7,12-14H2/t20-;17-/m00/s1. The van der Waals surface area contributed by atoms with Gasteiger partial charge >= 0.3 is 6.09 Å². The highest BCUT2D eigenvalue weighted by atomic mass is 35.5. The number of likely N-dealkylation sites (tertiary alicyclic amines) is 1. The number of ether oxygens (including phenoxy) is 1. The predicted molar refractivity (Wildman–Crippen MR) is 278 cm³/mol. The fourth-order valence-electron chi connectivity index (χ4n) is 9.21. The minimum absolute atomic E-state index is 0.167. The normalized spacial score (nSPS) is 16.7. The molecule has 0 bridgehead atoms. The third kappa shape index (κ3) is 11.0. The number of hydrogen-bond donors (Lipinski definition) is 1. The molecule has 2 aliphatic heterocycles. The molecule has 1 amide bonds. The van der Waals surface area contributed by atoms with Gasteiger partial charge in [-0.05, 0) is 108 Å². The van der Waals surface area contributed by atoms with Gasteiger partial charge in [0.15, 0.2) is 0 Å². The van der Waals surface area contributed by atoms with Gasteiger partial charge in [-0.2, -0.15) is 0 Å². The summed E-state index contributed by atoms with van der Waals surface area (Å²) in [5.41, 5.74) is 2.88. The molecule has 0 saturated carbocycles. The van der Waals surface area contributed by atoms with Crippen molar-refractivity contribution in [1.29, 1.82) is 0 Å². The minimum atomic E-state index is -3.84. The average Bonchev–Trinajstić information content (AvgIpc) is 3.97. The zero-order valence-electron chi connectivity index (χ0n) is 39.6. The number of nitrogens with one attached hydrogen (secondary N) is 1. The molecule has 4 aromatic heterocycles. The summed E-state index contributed by atoms with van der Waals surface area (Å²) >= 11 is 13.1. The van der Waals surface area contributed by atoms with Crippen LogP contribution in [0.15, 0.2) is 144 Å². The number of amides is 1. The maximum absolute atomic E-state index is 13.5. The number of carbonyl (C=O) groups excluding carboxylic acids is 1. The lowest BCUT2D eigenvalue weighted by Crippen LogP contribution is -2.43. The molecule has 10 rings (SSSR count). The third-order valence-electron chi connectivity index (χ3n) is 12.6. The van der Waals surface area contributed by atoms with Crippen molar-refractivity contribution in [3.63, 3.8) is 0 Å². The molecule has 0 unspecified atom stereocenters. The highest BCUT2D eigenvalue weighted by Gasteiger charge is 2.30. The minimum Gasteiger partial charge on any atom is -0.444 e. The molecular weight excluding hydrogens is 980 g/mol. The van der Waals surface area contributed by atoms with Crippen LogP contribution in [0, 0.1) is 11.8 Å². The van der Waals surface area contributed by atoms with Gasteiger partial charge in [0.25, 0.3) is 20.0 Å². The van der Waals surface area contributed by atoms with Crippen LogP contribution in [0.1, 0.15) is 58.1 Å². The summed E-state index contributed by atoms with van der Waals surface area (Å²) in [6, 6.07) is 31.4. The fraction of sp³-hybridized carbons (Fsp3) is 0.302. The van der Waals surface area contributed by atoms with Gasteiger partial charge in [-0.1, -0.05) is 96.0 Å². The number of hydrogen-bond acceptors (Lipinski definition) is 11. The second kappa shape index (κ2) is 20.9. The summed E-state index contributed by atoms with van der Waals surface area (Å²) in [7, 11) is -7.62. The zero-order chi connectivity index (χ0) is 49.9. The van der Waals surface area contributed by atoms with E-state index in [1.54, 1.807) is 109 Å². The van der Waals surface area contributed by atoms with E-state index in [9.17, 15) is 21.6 Å². The summed E-state index contributed by atoms with van der Waals surface area (Å²) in [4.78, 5) is 33.3. The molecular formula is C53H54Cl2N8O6S2. The molecule has 0 aliphatic carbocycles. The maximum Gasteiger partial charge on any atom is 0.410 e. The molecule has 0 spiro atoms. The van der Waals surface area contributed by atoms with E-state index in [1.165, 1.54) is 7.94 Å². The van der Waals surface area contributed by atoms with E-state index in [4.69, 9.17) is 37.9 Å². The molecule has 2 atom stereocenters. The van der Waals surface area contributed by atoms with Gasteiger partial charge in [0.05, 0.1) is 42.3 Å². The molecule has 368 valence electrons. The number of aromatic nitrogens is 6. The first-order valence-electron chi connectivity index (χ1n) is 23.6. The van der Waals surface area contributed by atoms with Gasteiger partial charge in [-0.15, -0.1) is 0 Å². The van der Waals surface area contributed by atoms with Crippen molar-refractivity contribution in [2.24, 2.45) is 11.8 Å². The number of rotatable bonds is 10. The van der Waals surface area contributed by atoms with Crippen LogP contribution in [-0.2, 0) is 37.6 Å². The first-order valence-corrected chi connectivity index (χ1v) is 27.2. The predicted octanol–water partition coefficient (Wildman–Crippen LogP) is 10.7. The van der Waals surface area contributed by atoms with Gasteiger partial charge in [0, 0.05) is 72.6 Å². The lowest BCUT2D eigenvalue weighted by atomic mass is 9.94. The number of para-hydroxylation sites is 2. The Hall–Kier alpha value is -6.17. The molecule has 2 fully saturated rings. The first-order chi connectivity index (χ1) is 34.1. The van der Waals surface area contributed by atoms with Crippen molar-refractivity contribution in [2.45, 2.75) is 74.7 Å². The topological polar surface area (TPSA) is 171 Å². The van der Waals surface area contributed by atoms with Gasteiger partial charge in [0.2, 0.25) is 0 Å². The number of fused-ring (bicyclic) bond motifs is 2. The molecule has 2 aliphatic rings. The van der Waals surface area contributed by atoms with E-state index in [0.29, 0.717) is 74.8 Å². The number of piperidine rings is 2. The Kier molecular flexibility index (Phi) is 14.7. The molecule has 71 heavy (non-hydrogen) atoms. The van der Waals surface area contributed by atoms with E-state index < -0.39 is 25.6 Å². The summed E-state index contributed by atoms with van der Waals surface area (Å²) < 4.78 is 62.0. The van der Waals surface area contributed by atoms with E-state index in [-0.39, 0.29) is 21.8 Å². The Morgan fingerprint density at radius 1 is 0.662 bits per heavy atom. The van der Waals surface area contributed by atoms with E-state index >= 15 is 0 Å². The van der Waals surface area contributed by atoms with E-state index in [2.05, 4.69) is 15.3 Å². The molecule has 4 aromatic carbocycles. The second-order valence-electron chi connectivity index (χ2n) is 18.9. The number of benzene rings is 4. The van der Waals surface area contributed by atoms with Crippen LogP contribution in [0.25, 0.3) is 44.3 Å². The largest absolute Gasteiger partial charge is 0.444 e. The van der Waals surface area contributed by atoms with Crippen LogP contribution < -0.4 is 5.32 Å². The van der Waals surface area contributed by atoms with E-state index in [1.807, 2.05) is 51.1 Å². The SMILES string of the molecule is CC(C)(C)OC(=O)N1CCC[C@@H](Cc2ncc(Cl)c(-c3cn(S(=O)(=O)c4ccccc4)c4ccccc34)n2)C1.O=S(=O)(c1ccccc1)n1cc(-c2nc(C[C@@H]3CCCNC3)ncc2Cl)c2ccccc21. The summed E-state index contributed by atoms with van der Waals surface area (Å²) in [6.07, 6.45) is 11.5. The lowest BCUT2D eigenvalue weighted by molar-refractivity contribution is 0.0165. The highest BCUT2D eigenvalue weighted by Crippen LogP contribution is 2.37. The van der Waals surface area contributed by atoms with Crippen LogP contribution >= 0.6 is 23.2 Å². The zero-order valence-corrected chi connectivity index (χ0v) is 42.7. The third-order valence-corrected chi connectivity index (χ3v) is 16.5. The van der Waals surface area contributed by atoms with Crippen molar-refractivity contribution in [1.82, 2.24) is 38.1 Å². The fourth-order valence-corrected chi connectivity index (χ4v) is 12.4. The van der Waals surface area contributed by atoms with Gasteiger partial charge in [-0.25, -0.2) is 49.5 Å². The van der Waals surface area contributed by atoms with Crippen molar-refractivity contribution in [3.8, 4) is 22.5 Å². The molecule has 6 heterocycles. The first kappa shape index (κ1) is 49.8. The molecule has 18 heteroatoms. The summed E-state index contributed by atoms with van der Waals surface area (Å²) in [5, 5.41) is 5.65. The Morgan fingerprint density at radius 3 is 1.61 bits per heavy atom. The van der Waals surface area contributed by atoms with Gasteiger partial charge in [-0.3, -0.25) is 0 Å². The van der Waals surface area contributed by atoms with Crippen LogP contribution in [0.2, 0.25) is 10.0 Å². The maximum atomic E-state index is 13.5. The second-order valence-corrected chi connectivity index (χ2v) is 23.3. The number of halogens is 2. The van der Waals surface area contributed by atoms with Crippen molar-refractivity contribution < 1.29 is 26.4 Å². The number of carbonyl (C=O) groups is 1. The van der Waals surface area contributed by atoms with Crippen molar-refractivity contribution in [2.75, 3.05) is 26.2 Å². The number of nitrogens with zero attached hydrogens (tertiary/aromatic N) is 7. The Morgan fingerprint density at radius 2 is 1.13 bits per heavy atom. The van der Waals surface area contributed by atoms with Gasteiger partial charge < -0.3 is 15.0 Å². The van der Waals surface area contributed by atoms with Crippen LogP contribution in [0.5, 0.6) is 0 Å². The van der Waals surface area contributed by atoms with Crippen molar-refractivity contribution in [3.05, 3.63) is 156 Å². The Bertz CT molecular complexity index is 3430. The van der Waals surface area contributed by atoms with E-state index in [0.717, 1.165) is 61.8 Å². The Balaban J connectivity index is 0.000000179. The quantitative estimate of drug-likeness (QED) is 0.138. The monoisotopic (exact) mass is 1030 g/mol. The lowest BCUT2D eigenvalue weighted by Gasteiger charge is -2.34. The molecule has 2 saturated heterocycles.